The molecule has 0 bridgehead atoms. The largest absolute Gasteiger partial charge is 0.0991 e. The molecule has 0 fully saturated rings. The molecule has 0 heteroatoms. The van der Waals surface area contributed by atoms with Crippen LogP contribution in [-0.4, -0.2) is 0 Å². The van der Waals surface area contributed by atoms with Gasteiger partial charge in [0.1, 0.15) is 0 Å². The van der Waals surface area contributed by atoms with Crippen molar-refractivity contribution in [2.45, 2.75) is 56.9 Å². The molecule has 0 radical (unpaired) electrons. The van der Waals surface area contributed by atoms with Gasteiger partial charge in [-0.05, 0) is 20.3 Å². The van der Waals surface area contributed by atoms with Crippen LogP contribution in [0.15, 0.2) is 37.0 Å². The molecule has 0 nitrogen and oxygen atoms in total. The van der Waals surface area contributed by atoms with Crippen molar-refractivity contribution in [3.8, 4) is 0 Å². The maximum Gasteiger partial charge on any atom is -0.0379 e. The highest BCUT2D eigenvalue weighted by Crippen LogP contribution is 1.73. The fourth-order valence-corrected chi connectivity index (χ4v) is 0.372. The van der Waals surface area contributed by atoms with Gasteiger partial charge in [-0.1, -0.05) is 73.6 Å². The lowest BCUT2D eigenvalue weighted by molar-refractivity contribution is 1.22. The van der Waals surface area contributed by atoms with Crippen LogP contribution in [0.1, 0.15) is 56.9 Å². The number of rotatable bonds is 2. The smallest absolute Gasteiger partial charge is 0.0379 e. The molecule has 90 valence electrons. The summed E-state index contributed by atoms with van der Waals surface area (Å²) in [5, 5.41) is 0. The minimum atomic E-state index is 0. The minimum absolute atomic E-state index is 0. The monoisotopic (exact) mass is 202 g/mol. The van der Waals surface area contributed by atoms with Gasteiger partial charge in [-0.3, -0.25) is 0 Å². The van der Waals surface area contributed by atoms with E-state index in [0.29, 0.717) is 0 Å². The molecule has 0 aliphatic heterocycles. The Labute approximate surface area is 94.4 Å². The van der Waals surface area contributed by atoms with Gasteiger partial charge in [-0.2, -0.15) is 0 Å². The van der Waals surface area contributed by atoms with Gasteiger partial charge in [0.2, 0.25) is 0 Å². The molecule has 0 N–H and O–H groups in total. The van der Waals surface area contributed by atoms with E-state index < -0.39 is 0 Å². The SMILES string of the molecule is C.C.C.C.C=CC=CC.CC=CCC. The second-order valence-electron chi connectivity index (χ2n) is 1.74. The first-order valence-electron chi connectivity index (χ1n) is 3.68. The first-order valence-corrected chi connectivity index (χ1v) is 3.68. The zero-order valence-corrected chi connectivity index (χ0v) is 7.30. The van der Waals surface area contributed by atoms with Crippen molar-refractivity contribution in [1.29, 1.82) is 0 Å². The summed E-state index contributed by atoms with van der Waals surface area (Å²) < 4.78 is 0. The Balaban J connectivity index is -0.0000000178. The van der Waals surface area contributed by atoms with Gasteiger partial charge in [-0.15, -0.1) is 0 Å². The summed E-state index contributed by atoms with van der Waals surface area (Å²) in [6.45, 7) is 9.58. The van der Waals surface area contributed by atoms with E-state index >= 15 is 0 Å². The summed E-state index contributed by atoms with van der Waals surface area (Å²) in [5.74, 6) is 0. The van der Waals surface area contributed by atoms with Crippen molar-refractivity contribution < 1.29 is 0 Å². The van der Waals surface area contributed by atoms with E-state index in [4.69, 9.17) is 0 Å². The van der Waals surface area contributed by atoms with Crippen LogP contribution in [0.25, 0.3) is 0 Å². The fourth-order valence-electron chi connectivity index (χ4n) is 0.372. The molecular formula is C14H34. The lowest BCUT2D eigenvalue weighted by Crippen LogP contribution is -1.43. The molecule has 0 spiro atoms. The number of hydrogen-bond acceptors (Lipinski definition) is 0. The Morgan fingerprint density at radius 2 is 1.36 bits per heavy atom. The van der Waals surface area contributed by atoms with Crippen molar-refractivity contribution in [3.63, 3.8) is 0 Å². The number of hydrogen-bond donors (Lipinski definition) is 0. The molecule has 0 saturated heterocycles. The molecule has 0 aliphatic carbocycles. The van der Waals surface area contributed by atoms with Gasteiger partial charge >= 0.3 is 0 Å². The van der Waals surface area contributed by atoms with Crippen molar-refractivity contribution in [1.82, 2.24) is 0 Å². The first kappa shape index (κ1) is 37.9. The average molecular weight is 202 g/mol. The molecule has 0 unspecified atom stereocenters. The zero-order valence-electron chi connectivity index (χ0n) is 7.30. The lowest BCUT2D eigenvalue weighted by Gasteiger charge is -1.65. The molecule has 0 aromatic heterocycles. The van der Waals surface area contributed by atoms with Gasteiger partial charge in [0.25, 0.3) is 0 Å². The molecule has 0 rings (SSSR count). The van der Waals surface area contributed by atoms with E-state index in [9.17, 15) is 0 Å². The van der Waals surface area contributed by atoms with Gasteiger partial charge < -0.3 is 0 Å². The third-order valence-electron chi connectivity index (χ3n) is 0.800. The van der Waals surface area contributed by atoms with Gasteiger partial charge in [0, 0.05) is 0 Å². The highest BCUT2D eigenvalue weighted by atomic mass is 13.6. The van der Waals surface area contributed by atoms with E-state index in [1.54, 1.807) is 6.08 Å². The van der Waals surface area contributed by atoms with Crippen LogP contribution in [-0.2, 0) is 0 Å². The van der Waals surface area contributed by atoms with E-state index in [1.807, 2.05) is 26.0 Å². The lowest BCUT2D eigenvalue weighted by atomic mass is 10.4. The minimum Gasteiger partial charge on any atom is -0.0991 e. The molecule has 14 heavy (non-hydrogen) atoms. The summed E-state index contributed by atoms with van der Waals surface area (Å²) in [6.07, 6.45) is 10.9. The Morgan fingerprint density at radius 1 is 0.929 bits per heavy atom. The predicted molar refractivity (Wildman–Crippen MR) is 77.0 cm³/mol. The Bertz CT molecular complexity index is 96.6. The van der Waals surface area contributed by atoms with Crippen molar-refractivity contribution in [3.05, 3.63) is 37.0 Å². The first-order chi connectivity index (χ1) is 4.83. The predicted octanol–water partition coefficient (Wildman–Crippen LogP) is 6.27. The van der Waals surface area contributed by atoms with Gasteiger partial charge in [0.15, 0.2) is 0 Å². The molecular weight excluding hydrogens is 168 g/mol. The molecule has 0 aromatic rings. The molecule has 0 heterocycles. The molecule has 0 aliphatic rings. The van der Waals surface area contributed by atoms with E-state index in [2.05, 4.69) is 25.7 Å². The zero-order chi connectivity index (χ0) is 8.24. The van der Waals surface area contributed by atoms with Crippen LogP contribution in [0.2, 0.25) is 0 Å². The Kier molecular flexibility index (Phi) is 153. The van der Waals surface area contributed by atoms with Gasteiger partial charge in [-0.25, -0.2) is 0 Å². The van der Waals surface area contributed by atoms with Crippen molar-refractivity contribution >= 4 is 0 Å². The van der Waals surface area contributed by atoms with Crippen LogP contribution in [0.3, 0.4) is 0 Å². The quantitative estimate of drug-likeness (QED) is 0.366. The fraction of sp³-hybridized carbons (Fsp3) is 0.571. The topological polar surface area (TPSA) is 0 Å². The average Bonchev–Trinajstić information content (AvgIpc) is 1.93. The second-order valence-corrected chi connectivity index (χ2v) is 1.74. The van der Waals surface area contributed by atoms with E-state index in [-0.39, 0.29) is 29.7 Å². The van der Waals surface area contributed by atoms with Crippen LogP contribution in [0.5, 0.6) is 0 Å². The molecule has 0 amide bonds. The van der Waals surface area contributed by atoms with Gasteiger partial charge in [0.05, 0.1) is 0 Å². The van der Waals surface area contributed by atoms with Crippen LogP contribution in [0, 0.1) is 0 Å². The van der Waals surface area contributed by atoms with Crippen molar-refractivity contribution in [2.24, 2.45) is 0 Å². The summed E-state index contributed by atoms with van der Waals surface area (Å²) in [4.78, 5) is 0. The maximum absolute atomic E-state index is 3.46. The standard InChI is InChI=1S/C5H10.C5H8.4CH4/c2*1-3-5-4-2;;;;/h3,5H,4H2,1-2H3;3-5H,1H2,2H3;4*1H4. The van der Waals surface area contributed by atoms with Crippen molar-refractivity contribution in [2.75, 3.05) is 0 Å². The molecule has 0 saturated carbocycles. The second kappa shape index (κ2) is 56.5. The highest BCUT2D eigenvalue weighted by Gasteiger charge is 1.52. The highest BCUT2D eigenvalue weighted by molar-refractivity contribution is 4.94. The summed E-state index contributed by atoms with van der Waals surface area (Å²) in [7, 11) is 0. The van der Waals surface area contributed by atoms with E-state index in [0.717, 1.165) is 6.42 Å². The maximum atomic E-state index is 3.46. The number of allylic oxidation sites excluding steroid dienone is 5. The Morgan fingerprint density at radius 3 is 1.36 bits per heavy atom. The third kappa shape index (κ3) is 113. The molecule has 0 atom stereocenters. The molecule has 0 aromatic carbocycles. The van der Waals surface area contributed by atoms with Crippen LogP contribution >= 0.6 is 0 Å². The summed E-state index contributed by atoms with van der Waals surface area (Å²) in [6, 6.07) is 0. The normalized spacial score (nSPS) is 6.79. The third-order valence-corrected chi connectivity index (χ3v) is 0.800. The van der Waals surface area contributed by atoms with Crippen LogP contribution < -0.4 is 0 Å². The van der Waals surface area contributed by atoms with E-state index in [1.165, 1.54) is 0 Å². The van der Waals surface area contributed by atoms with Crippen LogP contribution in [0.4, 0.5) is 0 Å². The summed E-state index contributed by atoms with van der Waals surface area (Å²) in [5.41, 5.74) is 0. The Hall–Kier alpha value is -0.780. The summed E-state index contributed by atoms with van der Waals surface area (Å²) >= 11 is 0.